The number of aryl methyl sites for hydroxylation is 1. The second-order valence-corrected chi connectivity index (χ2v) is 4.96. The maximum Gasteiger partial charge on any atom is 0.121 e. The van der Waals surface area contributed by atoms with Crippen LogP contribution in [0.15, 0.2) is 16.5 Å². The van der Waals surface area contributed by atoms with Crippen LogP contribution in [0.4, 0.5) is 0 Å². The number of rotatable bonds is 2. The van der Waals surface area contributed by atoms with Gasteiger partial charge >= 0.3 is 0 Å². The fourth-order valence-corrected chi connectivity index (χ4v) is 2.92. The molecule has 0 spiro atoms. The van der Waals surface area contributed by atoms with Crippen LogP contribution < -0.4 is 5.73 Å². The zero-order chi connectivity index (χ0) is 9.71. The molecular weight excluding hydrogens is 174 g/mol. The van der Waals surface area contributed by atoms with Gasteiger partial charge in [0.1, 0.15) is 11.5 Å². The van der Waals surface area contributed by atoms with Crippen molar-refractivity contribution in [2.75, 3.05) is 0 Å². The van der Waals surface area contributed by atoms with Gasteiger partial charge in [-0.1, -0.05) is 0 Å². The number of hydrogen-bond acceptors (Lipinski definition) is 2. The van der Waals surface area contributed by atoms with E-state index in [2.05, 4.69) is 0 Å². The Labute approximate surface area is 84.5 Å². The molecule has 0 bridgehead atoms. The number of fused-ring (bicyclic) bond motifs is 1. The summed E-state index contributed by atoms with van der Waals surface area (Å²) in [7, 11) is 0. The highest BCUT2D eigenvalue weighted by Gasteiger charge is 2.47. The summed E-state index contributed by atoms with van der Waals surface area (Å²) in [6.07, 6.45) is 4.11. The van der Waals surface area contributed by atoms with Gasteiger partial charge in [-0.05, 0) is 56.1 Å². The molecule has 2 aliphatic rings. The third-order valence-electron chi connectivity index (χ3n) is 3.88. The molecular formula is C12H17NO. The average molecular weight is 191 g/mol. The molecule has 0 radical (unpaired) electrons. The Morgan fingerprint density at radius 2 is 2.00 bits per heavy atom. The second kappa shape index (κ2) is 2.86. The Balaban J connectivity index is 1.72. The molecule has 3 atom stereocenters. The van der Waals surface area contributed by atoms with Crippen LogP contribution in [0.3, 0.4) is 0 Å². The third-order valence-corrected chi connectivity index (χ3v) is 3.88. The summed E-state index contributed by atoms with van der Waals surface area (Å²) >= 11 is 0. The molecule has 2 nitrogen and oxygen atoms in total. The minimum atomic E-state index is 0.136. The van der Waals surface area contributed by atoms with Crippen LogP contribution in [0.5, 0.6) is 0 Å². The van der Waals surface area contributed by atoms with Crippen LogP contribution in [-0.2, 0) is 0 Å². The lowest BCUT2D eigenvalue weighted by atomic mass is 9.93. The topological polar surface area (TPSA) is 39.2 Å². The van der Waals surface area contributed by atoms with Crippen molar-refractivity contribution in [1.29, 1.82) is 0 Å². The van der Waals surface area contributed by atoms with Gasteiger partial charge in [-0.2, -0.15) is 0 Å². The van der Waals surface area contributed by atoms with Crippen LogP contribution >= 0.6 is 0 Å². The summed E-state index contributed by atoms with van der Waals surface area (Å²) in [5, 5.41) is 0. The first-order valence-corrected chi connectivity index (χ1v) is 5.56. The molecule has 2 aliphatic carbocycles. The van der Waals surface area contributed by atoms with Gasteiger partial charge in [-0.3, -0.25) is 0 Å². The summed E-state index contributed by atoms with van der Waals surface area (Å²) in [4.78, 5) is 0. The van der Waals surface area contributed by atoms with Crippen molar-refractivity contribution in [3.63, 3.8) is 0 Å². The van der Waals surface area contributed by atoms with E-state index in [4.69, 9.17) is 10.2 Å². The Hall–Kier alpha value is -0.760. The third kappa shape index (κ3) is 1.29. The van der Waals surface area contributed by atoms with Gasteiger partial charge in [0.2, 0.25) is 0 Å². The van der Waals surface area contributed by atoms with Gasteiger partial charge in [0.05, 0.1) is 6.04 Å². The molecule has 3 unspecified atom stereocenters. The van der Waals surface area contributed by atoms with E-state index in [0.29, 0.717) is 5.92 Å². The summed E-state index contributed by atoms with van der Waals surface area (Å²) in [5.74, 6) is 4.63. The van der Waals surface area contributed by atoms with Crippen molar-refractivity contribution in [3.05, 3.63) is 23.7 Å². The van der Waals surface area contributed by atoms with Crippen LogP contribution in [0.25, 0.3) is 0 Å². The van der Waals surface area contributed by atoms with E-state index in [1.165, 1.54) is 19.3 Å². The van der Waals surface area contributed by atoms with Crippen molar-refractivity contribution in [2.45, 2.75) is 32.2 Å². The first-order chi connectivity index (χ1) is 6.74. The van der Waals surface area contributed by atoms with Gasteiger partial charge in [-0.25, -0.2) is 0 Å². The number of furan rings is 1. The molecule has 14 heavy (non-hydrogen) atoms. The quantitative estimate of drug-likeness (QED) is 0.780. The van der Waals surface area contributed by atoms with E-state index < -0.39 is 0 Å². The van der Waals surface area contributed by atoms with Crippen molar-refractivity contribution in [1.82, 2.24) is 0 Å². The largest absolute Gasteiger partial charge is 0.465 e. The summed E-state index contributed by atoms with van der Waals surface area (Å²) in [5.41, 5.74) is 6.20. The molecule has 1 aromatic rings. The Morgan fingerprint density at radius 1 is 1.29 bits per heavy atom. The maximum absolute atomic E-state index is 6.20. The Kier molecular flexibility index (Phi) is 1.75. The molecule has 0 amide bonds. The fourth-order valence-electron chi connectivity index (χ4n) is 2.92. The highest BCUT2D eigenvalue weighted by atomic mass is 16.3. The smallest absolute Gasteiger partial charge is 0.121 e. The Morgan fingerprint density at radius 3 is 2.57 bits per heavy atom. The van der Waals surface area contributed by atoms with Gasteiger partial charge in [0.25, 0.3) is 0 Å². The van der Waals surface area contributed by atoms with Crippen LogP contribution in [0.2, 0.25) is 0 Å². The predicted octanol–water partition coefficient (Wildman–Crippen LogP) is 2.63. The molecule has 2 N–H and O–H groups in total. The fraction of sp³-hybridized carbons (Fsp3) is 0.667. The van der Waals surface area contributed by atoms with Crippen molar-refractivity contribution in [2.24, 2.45) is 23.5 Å². The van der Waals surface area contributed by atoms with Crippen molar-refractivity contribution < 1.29 is 4.42 Å². The average Bonchev–Trinajstić information content (AvgIpc) is 2.64. The molecule has 0 aliphatic heterocycles. The van der Waals surface area contributed by atoms with Gasteiger partial charge < -0.3 is 10.2 Å². The summed E-state index contributed by atoms with van der Waals surface area (Å²) in [6, 6.07) is 4.17. The minimum Gasteiger partial charge on any atom is -0.465 e. The molecule has 2 heteroatoms. The van der Waals surface area contributed by atoms with E-state index in [-0.39, 0.29) is 6.04 Å². The van der Waals surface area contributed by atoms with Gasteiger partial charge in [-0.15, -0.1) is 0 Å². The maximum atomic E-state index is 6.20. The highest BCUT2D eigenvalue weighted by Crippen LogP contribution is 2.56. The van der Waals surface area contributed by atoms with Crippen LogP contribution in [-0.4, -0.2) is 0 Å². The highest BCUT2D eigenvalue weighted by molar-refractivity contribution is 5.12. The predicted molar refractivity (Wildman–Crippen MR) is 54.7 cm³/mol. The monoisotopic (exact) mass is 191 g/mol. The second-order valence-electron chi connectivity index (χ2n) is 4.96. The van der Waals surface area contributed by atoms with E-state index in [1.54, 1.807) is 0 Å². The molecule has 0 saturated heterocycles. The van der Waals surface area contributed by atoms with Crippen LogP contribution in [0, 0.1) is 24.7 Å². The van der Waals surface area contributed by atoms with Gasteiger partial charge in [0, 0.05) is 0 Å². The molecule has 2 saturated carbocycles. The Bertz CT molecular complexity index is 334. The van der Waals surface area contributed by atoms with E-state index in [0.717, 1.165) is 23.4 Å². The lowest BCUT2D eigenvalue weighted by Gasteiger charge is -2.18. The standard InChI is InChI=1S/C12H17NO/c1-7-2-3-11(14-7)12(13)10-5-8-4-9(8)6-10/h2-3,8-10,12H,4-6,13H2,1H3. The molecule has 2 fully saturated rings. The molecule has 1 aromatic heterocycles. The lowest BCUT2D eigenvalue weighted by Crippen LogP contribution is -2.19. The van der Waals surface area contributed by atoms with E-state index in [9.17, 15) is 0 Å². The first kappa shape index (κ1) is 8.54. The van der Waals surface area contributed by atoms with E-state index >= 15 is 0 Å². The molecule has 3 rings (SSSR count). The van der Waals surface area contributed by atoms with Crippen molar-refractivity contribution in [3.8, 4) is 0 Å². The normalized spacial score (nSPS) is 36.9. The zero-order valence-corrected chi connectivity index (χ0v) is 8.57. The minimum absolute atomic E-state index is 0.136. The molecule has 1 heterocycles. The first-order valence-electron chi connectivity index (χ1n) is 5.56. The van der Waals surface area contributed by atoms with Crippen LogP contribution in [0.1, 0.15) is 36.8 Å². The molecule has 76 valence electrons. The SMILES string of the molecule is Cc1ccc(C(N)C2CC3CC3C2)o1. The van der Waals surface area contributed by atoms with Gasteiger partial charge in [0.15, 0.2) is 0 Å². The van der Waals surface area contributed by atoms with E-state index in [1.807, 2.05) is 19.1 Å². The number of nitrogens with two attached hydrogens (primary N) is 1. The summed E-state index contributed by atoms with van der Waals surface area (Å²) < 4.78 is 5.58. The lowest BCUT2D eigenvalue weighted by molar-refractivity contribution is 0.341. The zero-order valence-electron chi connectivity index (χ0n) is 8.57. The summed E-state index contributed by atoms with van der Waals surface area (Å²) in [6.45, 7) is 1.97. The molecule has 0 aromatic carbocycles. The van der Waals surface area contributed by atoms with Crippen molar-refractivity contribution >= 4 is 0 Å². The number of hydrogen-bond donors (Lipinski definition) is 1.